The molecule has 1 saturated heterocycles. The lowest BCUT2D eigenvalue weighted by Gasteiger charge is -2.29. The Morgan fingerprint density at radius 2 is 2.17 bits per heavy atom. The van der Waals surface area contributed by atoms with Crippen LogP contribution in [0.1, 0.15) is 31.4 Å². The molecule has 0 saturated carbocycles. The van der Waals surface area contributed by atoms with E-state index in [-0.39, 0.29) is 11.9 Å². The Morgan fingerprint density at radius 3 is 2.88 bits per heavy atom. The highest BCUT2D eigenvalue weighted by Crippen LogP contribution is 2.40. The van der Waals surface area contributed by atoms with E-state index in [0.717, 1.165) is 52.9 Å². The van der Waals surface area contributed by atoms with Gasteiger partial charge < -0.3 is 19.1 Å². The molecule has 2 aliphatic rings. The van der Waals surface area contributed by atoms with Gasteiger partial charge in [-0.2, -0.15) is 0 Å². The first-order valence-corrected chi connectivity index (χ1v) is 9.13. The highest BCUT2D eigenvalue weighted by molar-refractivity contribution is 8.04. The number of methoxy groups -OCH3 is 2. The van der Waals surface area contributed by atoms with Gasteiger partial charge in [0.15, 0.2) is 0 Å². The zero-order chi connectivity index (χ0) is 17.1. The molecule has 0 unspecified atom stereocenters. The van der Waals surface area contributed by atoms with Gasteiger partial charge in [0.1, 0.15) is 22.2 Å². The van der Waals surface area contributed by atoms with Crippen LogP contribution in [0.3, 0.4) is 0 Å². The van der Waals surface area contributed by atoms with E-state index in [1.165, 1.54) is 0 Å². The molecule has 24 heavy (non-hydrogen) atoms. The van der Waals surface area contributed by atoms with Crippen molar-refractivity contribution in [2.75, 3.05) is 33.1 Å². The lowest BCUT2D eigenvalue weighted by molar-refractivity contribution is -0.127. The van der Waals surface area contributed by atoms with Crippen LogP contribution < -0.4 is 9.47 Å². The van der Waals surface area contributed by atoms with Crippen molar-refractivity contribution in [1.82, 2.24) is 4.90 Å². The third-order valence-corrected chi connectivity index (χ3v) is 5.60. The Hall–Kier alpha value is -1.82. The minimum Gasteiger partial charge on any atom is -0.497 e. The molecule has 2 heterocycles. The second-order valence-corrected chi connectivity index (χ2v) is 6.95. The molecule has 5 nitrogen and oxygen atoms in total. The maximum Gasteiger partial charge on any atom is 0.264 e. The predicted octanol–water partition coefficient (Wildman–Crippen LogP) is 3.36. The standard InChI is InChI=1S/C18H23NO4S/c1-12-17(24-10-9-23-12)18(20)19-8-4-5-15(19)14-7-6-13(21-2)11-16(14)22-3/h6-7,11,15H,4-5,8-10H2,1-3H3/t15-/m1/s1. The van der Waals surface area contributed by atoms with Gasteiger partial charge >= 0.3 is 0 Å². The number of rotatable bonds is 4. The number of allylic oxidation sites excluding steroid dienone is 1. The normalized spacial score (nSPS) is 20.8. The minimum atomic E-state index is 0.0289. The number of ether oxygens (including phenoxy) is 3. The Labute approximate surface area is 146 Å². The molecule has 1 atom stereocenters. The Bertz CT molecular complexity index is 658. The summed E-state index contributed by atoms with van der Waals surface area (Å²) in [5, 5.41) is 0. The second kappa shape index (κ2) is 7.38. The fourth-order valence-corrected chi connectivity index (χ4v) is 4.15. The summed E-state index contributed by atoms with van der Waals surface area (Å²) in [6, 6.07) is 5.82. The van der Waals surface area contributed by atoms with Crippen molar-refractivity contribution in [2.24, 2.45) is 0 Å². The van der Waals surface area contributed by atoms with Crippen LogP contribution in [-0.4, -0.2) is 43.9 Å². The van der Waals surface area contributed by atoms with E-state index in [4.69, 9.17) is 14.2 Å². The number of amides is 1. The molecule has 2 aliphatic heterocycles. The SMILES string of the molecule is COc1ccc([C@H]2CCCN2C(=O)C2=C(C)OCCS2)c(OC)c1. The maximum absolute atomic E-state index is 13.0. The molecular formula is C18H23NO4S. The molecule has 3 rings (SSSR count). The summed E-state index contributed by atoms with van der Waals surface area (Å²) in [5.74, 6) is 3.14. The van der Waals surface area contributed by atoms with Crippen molar-refractivity contribution in [3.05, 3.63) is 34.4 Å². The molecule has 1 fully saturated rings. The molecule has 1 aromatic rings. The van der Waals surface area contributed by atoms with E-state index >= 15 is 0 Å². The first kappa shape index (κ1) is 17.0. The topological polar surface area (TPSA) is 48.0 Å². The number of hydrogen-bond donors (Lipinski definition) is 0. The fourth-order valence-electron chi connectivity index (χ4n) is 3.28. The lowest BCUT2D eigenvalue weighted by Crippen LogP contribution is -2.32. The highest BCUT2D eigenvalue weighted by atomic mass is 32.2. The smallest absolute Gasteiger partial charge is 0.264 e. The van der Waals surface area contributed by atoms with E-state index in [2.05, 4.69) is 0 Å². The Kier molecular flexibility index (Phi) is 5.23. The molecule has 1 amide bonds. The summed E-state index contributed by atoms with van der Waals surface area (Å²) in [5.41, 5.74) is 1.03. The average Bonchev–Trinajstić information content (AvgIpc) is 3.10. The molecule has 0 N–H and O–H groups in total. The van der Waals surface area contributed by atoms with Crippen LogP contribution in [0, 0.1) is 0 Å². The van der Waals surface area contributed by atoms with E-state index in [1.54, 1.807) is 26.0 Å². The monoisotopic (exact) mass is 349 g/mol. The summed E-state index contributed by atoms with van der Waals surface area (Å²) in [6.45, 7) is 3.30. The van der Waals surface area contributed by atoms with Crippen molar-refractivity contribution in [3.63, 3.8) is 0 Å². The van der Waals surface area contributed by atoms with Crippen LogP contribution in [0.25, 0.3) is 0 Å². The van der Waals surface area contributed by atoms with Crippen molar-refractivity contribution < 1.29 is 19.0 Å². The summed E-state index contributed by atoms with van der Waals surface area (Å²) >= 11 is 1.59. The zero-order valence-corrected chi connectivity index (χ0v) is 15.1. The van der Waals surface area contributed by atoms with E-state index in [1.807, 2.05) is 30.0 Å². The highest BCUT2D eigenvalue weighted by Gasteiger charge is 2.35. The molecule has 6 heteroatoms. The quantitative estimate of drug-likeness (QED) is 0.834. The summed E-state index contributed by atoms with van der Waals surface area (Å²) in [6.07, 6.45) is 1.93. The predicted molar refractivity (Wildman–Crippen MR) is 94.3 cm³/mol. The number of benzene rings is 1. The molecule has 0 aliphatic carbocycles. The van der Waals surface area contributed by atoms with Gasteiger partial charge in [0.25, 0.3) is 5.91 Å². The number of likely N-dealkylation sites (tertiary alicyclic amines) is 1. The number of thioether (sulfide) groups is 1. The maximum atomic E-state index is 13.0. The summed E-state index contributed by atoms with van der Waals surface area (Å²) in [7, 11) is 3.28. The van der Waals surface area contributed by atoms with Gasteiger partial charge in [0, 0.05) is 23.9 Å². The lowest BCUT2D eigenvalue weighted by atomic mass is 10.0. The number of hydrogen-bond acceptors (Lipinski definition) is 5. The summed E-state index contributed by atoms with van der Waals surface area (Å²) < 4.78 is 16.4. The molecule has 0 bridgehead atoms. The Morgan fingerprint density at radius 1 is 1.33 bits per heavy atom. The Balaban J connectivity index is 1.90. The van der Waals surface area contributed by atoms with Crippen LogP contribution in [-0.2, 0) is 9.53 Å². The molecule has 130 valence electrons. The van der Waals surface area contributed by atoms with Crippen molar-refractivity contribution >= 4 is 17.7 Å². The molecule has 0 aromatic heterocycles. The first-order chi connectivity index (χ1) is 11.7. The van der Waals surface area contributed by atoms with Crippen LogP contribution in [0.5, 0.6) is 11.5 Å². The van der Waals surface area contributed by atoms with Gasteiger partial charge in [-0.25, -0.2) is 0 Å². The van der Waals surface area contributed by atoms with Gasteiger partial charge in [-0.15, -0.1) is 11.8 Å². The molecular weight excluding hydrogens is 326 g/mol. The van der Waals surface area contributed by atoms with Gasteiger partial charge in [0.2, 0.25) is 0 Å². The third-order valence-electron chi connectivity index (χ3n) is 4.48. The van der Waals surface area contributed by atoms with Crippen LogP contribution >= 0.6 is 11.8 Å². The van der Waals surface area contributed by atoms with E-state index < -0.39 is 0 Å². The largest absolute Gasteiger partial charge is 0.497 e. The van der Waals surface area contributed by atoms with Gasteiger partial charge in [-0.1, -0.05) is 0 Å². The number of nitrogens with zero attached hydrogens (tertiary/aromatic N) is 1. The van der Waals surface area contributed by atoms with Gasteiger partial charge in [0.05, 0.1) is 26.9 Å². The molecule has 0 radical (unpaired) electrons. The van der Waals surface area contributed by atoms with E-state index in [9.17, 15) is 4.79 Å². The first-order valence-electron chi connectivity index (χ1n) is 8.15. The van der Waals surface area contributed by atoms with Crippen LogP contribution in [0.4, 0.5) is 0 Å². The van der Waals surface area contributed by atoms with E-state index in [0.29, 0.717) is 6.61 Å². The third kappa shape index (κ3) is 3.20. The fraction of sp³-hybridized carbons (Fsp3) is 0.500. The van der Waals surface area contributed by atoms with Gasteiger partial charge in [-0.05, 0) is 31.9 Å². The molecule has 1 aromatic carbocycles. The minimum absolute atomic E-state index is 0.0289. The second-order valence-electron chi connectivity index (χ2n) is 5.85. The number of carbonyl (C=O) groups is 1. The van der Waals surface area contributed by atoms with Crippen LogP contribution in [0.2, 0.25) is 0 Å². The average molecular weight is 349 g/mol. The molecule has 0 spiro atoms. The van der Waals surface area contributed by atoms with Crippen molar-refractivity contribution in [2.45, 2.75) is 25.8 Å². The number of carbonyl (C=O) groups excluding carboxylic acids is 1. The van der Waals surface area contributed by atoms with Crippen molar-refractivity contribution in [3.8, 4) is 11.5 Å². The summed E-state index contributed by atoms with van der Waals surface area (Å²) in [4.78, 5) is 15.7. The zero-order valence-electron chi connectivity index (χ0n) is 14.3. The van der Waals surface area contributed by atoms with Gasteiger partial charge in [-0.3, -0.25) is 4.79 Å². The van der Waals surface area contributed by atoms with Crippen molar-refractivity contribution in [1.29, 1.82) is 0 Å². The van der Waals surface area contributed by atoms with Crippen LogP contribution in [0.15, 0.2) is 28.9 Å².